The van der Waals surface area contributed by atoms with Crippen LogP contribution in [0.3, 0.4) is 0 Å². The molecule has 1 aliphatic rings. The molecule has 2 rings (SSSR count). The monoisotopic (exact) mass is 319 g/mol. The zero-order chi connectivity index (χ0) is 14.9. The molecule has 1 aromatic heterocycles. The van der Waals surface area contributed by atoms with Gasteiger partial charge in [0, 0.05) is 5.75 Å². The number of aryl methyl sites for hydroxylation is 1. The summed E-state index contributed by atoms with van der Waals surface area (Å²) in [6, 6.07) is -1.02. The molecule has 0 amide bonds. The molecule has 0 radical (unpaired) electrons. The van der Waals surface area contributed by atoms with Crippen LogP contribution in [-0.2, 0) is 14.8 Å². The van der Waals surface area contributed by atoms with E-state index >= 15 is 0 Å². The predicted molar refractivity (Wildman–Crippen MR) is 74.9 cm³/mol. The number of carbonyl (C=O) groups is 1. The lowest BCUT2D eigenvalue weighted by atomic mass is 10.3. The van der Waals surface area contributed by atoms with Gasteiger partial charge in [-0.3, -0.25) is 4.79 Å². The molecule has 1 aromatic rings. The van der Waals surface area contributed by atoms with Crippen LogP contribution < -0.4 is 0 Å². The molecule has 1 saturated heterocycles. The van der Waals surface area contributed by atoms with E-state index in [-0.39, 0.29) is 16.2 Å². The van der Waals surface area contributed by atoms with Crippen molar-refractivity contribution in [2.75, 3.05) is 5.75 Å². The number of carboxylic acids is 1. The van der Waals surface area contributed by atoms with Gasteiger partial charge in [0.2, 0.25) is 0 Å². The molecule has 0 bridgehead atoms. The fourth-order valence-electron chi connectivity index (χ4n) is 2.15. The van der Waals surface area contributed by atoms with E-state index in [0.717, 1.165) is 10.7 Å². The SMILES string of the molecule is CCCC1SCC(C(=O)O)N1S(=O)(=O)c1cnc(C)[nH]1. The third-order valence-electron chi connectivity index (χ3n) is 3.09. The van der Waals surface area contributed by atoms with Gasteiger partial charge in [0.25, 0.3) is 10.0 Å². The van der Waals surface area contributed by atoms with Crippen molar-refractivity contribution < 1.29 is 18.3 Å². The molecule has 1 aliphatic heterocycles. The van der Waals surface area contributed by atoms with Crippen LogP contribution in [0, 0.1) is 6.92 Å². The van der Waals surface area contributed by atoms with Gasteiger partial charge in [-0.2, -0.15) is 4.31 Å². The molecule has 9 heteroatoms. The van der Waals surface area contributed by atoms with E-state index < -0.39 is 22.0 Å². The van der Waals surface area contributed by atoms with E-state index in [0.29, 0.717) is 12.2 Å². The van der Waals surface area contributed by atoms with Gasteiger partial charge in [0.15, 0.2) is 5.03 Å². The summed E-state index contributed by atoms with van der Waals surface area (Å²) in [5, 5.41) is 8.85. The van der Waals surface area contributed by atoms with Gasteiger partial charge in [-0.1, -0.05) is 13.3 Å². The largest absolute Gasteiger partial charge is 0.480 e. The summed E-state index contributed by atoms with van der Waals surface area (Å²) in [6.45, 7) is 3.59. The molecule has 20 heavy (non-hydrogen) atoms. The number of imidazole rings is 1. The number of aromatic nitrogens is 2. The first-order valence-corrected chi connectivity index (χ1v) is 8.76. The van der Waals surface area contributed by atoms with Crippen molar-refractivity contribution in [3.63, 3.8) is 0 Å². The summed E-state index contributed by atoms with van der Waals surface area (Å²) in [7, 11) is -3.87. The molecule has 7 nitrogen and oxygen atoms in total. The highest BCUT2D eigenvalue weighted by Gasteiger charge is 2.46. The van der Waals surface area contributed by atoms with Crippen molar-refractivity contribution in [3.05, 3.63) is 12.0 Å². The van der Waals surface area contributed by atoms with Crippen LogP contribution in [0.15, 0.2) is 11.2 Å². The molecular weight excluding hydrogens is 302 g/mol. The number of hydrogen-bond donors (Lipinski definition) is 2. The van der Waals surface area contributed by atoms with E-state index in [9.17, 15) is 18.3 Å². The quantitative estimate of drug-likeness (QED) is 0.840. The van der Waals surface area contributed by atoms with Gasteiger partial charge < -0.3 is 10.1 Å². The average molecular weight is 319 g/mol. The van der Waals surface area contributed by atoms with E-state index in [1.807, 2.05) is 6.92 Å². The fraction of sp³-hybridized carbons (Fsp3) is 0.636. The number of aliphatic carboxylic acids is 1. The average Bonchev–Trinajstić information content (AvgIpc) is 2.96. The summed E-state index contributed by atoms with van der Waals surface area (Å²) in [6.07, 6.45) is 2.65. The topological polar surface area (TPSA) is 103 Å². The second kappa shape index (κ2) is 5.74. The smallest absolute Gasteiger partial charge is 0.322 e. The standard InChI is InChI=1S/C11H17N3O4S2/c1-3-4-10-14(8(6-19-10)11(15)16)20(17,18)9-5-12-7(2)13-9/h5,8,10H,3-4,6H2,1-2H3,(H,12,13)(H,15,16). The number of H-pyrrole nitrogens is 1. The van der Waals surface area contributed by atoms with Crippen LogP contribution in [0.2, 0.25) is 0 Å². The summed E-state index contributed by atoms with van der Waals surface area (Å²) in [5.41, 5.74) is 0. The van der Waals surface area contributed by atoms with E-state index in [2.05, 4.69) is 9.97 Å². The summed E-state index contributed by atoms with van der Waals surface area (Å²) in [4.78, 5) is 17.9. The van der Waals surface area contributed by atoms with Crippen LogP contribution in [0.1, 0.15) is 25.6 Å². The Balaban J connectivity index is 2.41. The minimum Gasteiger partial charge on any atom is -0.480 e. The molecule has 112 valence electrons. The van der Waals surface area contributed by atoms with Gasteiger partial charge >= 0.3 is 5.97 Å². The van der Waals surface area contributed by atoms with Crippen LogP contribution in [0.5, 0.6) is 0 Å². The van der Waals surface area contributed by atoms with Crippen LogP contribution in [-0.4, -0.2) is 50.9 Å². The Kier molecular flexibility index (Phi) is 4.40. The normalized spacial score (nSPS) is 24.1. The molecule has 0 aromatic carbocycles. The summed E-state index contributed by atoms with van der Waals surface area (Å²) >= 11 is 1.37. The number of thioether (sulfide) groups is 1. The molecule has 2 N–H and O–H groups in total. The molecule has 0 spiro atoms. The van der Waals surface area contributed by atoms with E-state index in [1.165, 1.54) is 18.0 Å². The summed E-state index contributed by atoms with van der Waals surface area (Å²) < 4.78 is 26.4. The first kappa shape index (κ1) is 15.3. The first-order valence-electron chi connectivity index (χ1n) is 6.27. The highest BCUT2D eigenvalue weighted by atomic mass is 32.2. The highest BCUT2D eigenvalue weighted by molar-refractivity contribution is 8.01. The molecule has 2 unspecified atom stereocenters. The molecule has 2 heterocycles. The Morgan fingerprint density at radius 3 is 2.85 bits per heavy atom. The van der Waals surface area contributed by atoms with Crippen molar-refractivity contribution in [2.24, 2.45) is 0 Å². The minimum absolute atomic E-state index is 0.0511. The lowest BCUT2D eigenvalue weighted by Crippen LogP contribution is -2.45. The first-order chi connectivity index (χ1) is 9.37. The number of sulfonamides is 1. The van der Waals surface area contributed by atoms with Crippen molar-refractivity contribution in [3.8, 4) is 0 Å². The number of hydrogen-bond acceptors (Lipinski definition) is 5. The molecular formula is C11H17N3O4S2. The van der Waals surface area contributed by atoms with Gasteiger partial charge in [-0.15, -0.1) is 11.8 Å². The maximum absolute atomic E-state index is 12.6. The highest BCUT2D eigenvalue weighted by Crippen LogP contribution is 2.36. The fourth-order valence-corrected chi connectivity index (χ4v) is 5.78. The zero-order valence-electron chi connectivity index (χ0n) is 11.2. The third-order valence-corrected chi connectivity index (χ3v) is 6.41. The minimum atomic E-state index is -3.87. The Labute approximate surface area is 121 Å². The maximum Gasteiger partial charge on any atom is 0.322 e. The lowest BCUT2D eigenvalue weighted by Gasteiger charge is -2.25. The maximum atomic E-state index is 12.6. The predicted octanol–water partition coefficient (Wildman–Crippen LogP) is 1.04. The van der Waals surface area contributed by atoms with E-state index in [1.54, 1.807) is 6.92 Å². The van der Waals surface area contributed by atoms with E-state index in [4.69, 9.17) is 0 Å². The number of nitrogens with one attached hydrogen (secondary N) is 1. The van der Waals surface area contributed by atoms with Gasteiger partial charge in [0.1, 0.15) is 11.9 Å². The van der Waals surface area contributed by atoms with Crippen molar-refractivity contribution in [2.45, 2.75) is 43.1 Å². The van der Waals surface area contributed by atoms with Crippen molar-refractivity contribution >= 4 is 27.8 Å². The van der Waals surface area contributed by atoms with Crippen molar-refractivity contribution in [1.82, 2.24) is 14.3 Å². The zero-order valence-corrected chi connectivity index (χ0v) is 12.9. The van der Waals surface area contributed by atoms with Crippen molar-refractivity contribution in [1.29, 1.82) is 0 Å². The summed E-state index contributed by atoms with van der Waals surface area (Å²) in [5.74, 6) is -0.364. The van der Waals surface area contributed by atoms with Crippen LogP contribution in [0.4, 0.5) is 0 Å². The third kappa shape index (κ3) is 2.70. The Hall–Kier alpha value is -1.06. The number of carboxylic acid groups (broad SMARTS) is 1. The molecule has 1 fully saturated rings. The molecule has 2 atom stereocenters. The van der Waals surface area contributed by atoms with Gasteiger partial charge in [-0.05, 0) is 13.3 Å². The van der Waals surface area contributed by atoms with Gasteiger partial charge in [0.05, 0.1) is 11.6 Å². The second-order valence-electron chi connectivity index (χ2n) is 4.60. The van der Waals surface area contributed by atoms with Crippen LogP contribution >= 0.6 is 11.8 Å². The van der Waals surface area contributed by atoms with Crippen LogP contribution in [0.25, 0.3) is 0 Å². The molecule has 0 saturated carbocycles. The molecule has 0 aliphatic carbocycles. The Bertz CT molecular complexity index is 599. The Morgan fingerprint density at radius 2 is 2.35 bits per heavy atom. The Morgan fingerprint density at radius 1 is 1.65 bits per heavy atom. The number of rotatable bonds is 5. The second-order valence-corrected chi connectivity index (χ2v) is 7.62. The lowest BCUT2D eigenvalue weighted by molar-refractivity contribution is -0.140. The van der Waals surface area contributed by atoms with Gasteiger partial charge in [-0.25, -0.2) is 13.4 Å². The number of aromatic amines is 1. The number of nitrogens with zero attached hydrogens (tertiary/aromatic N) is 2.